The Morgan fingerprint density at radius 1 is 1.09 bits per heavy atom. The molecule has 0 atom stereocenters. The van der Waals surface area contributed by atoms with E-state index in [1.54, 1.807) is 34.6 Å². The first-order chi connectivity index (χ1) is 15.2. The summed E-state index contributed by atoms with van der Waals surface area (Å²) >= 11 is 0. The van der Waals surface area contributed by atoms with Crippen LogP contribution in [0.5, 0.6) is 0 Å². The van der Waals surface area contributed by atoms with Crippen molar-refractivity contribution in [2.45, 2.75) is 38.5 Å². The number of amides is 1. The van der Waals surface area contributed by atoms with E-state index in [0.29, 0.717) is 47.5 Å². The van der Waals surface area contributed by atoms with E-state index in [-0.39, 0.29) is 10.8 Å². The third kappa shape index (κ3) is 4.58. The molecule has 1 aromatic heterocycles. The van der Waals surface area contributed by atoms with Crippen molar-refractivity contribution in [3.63, 3.8) is 0 Å². The fraction of sp³-hybridized carbons (Fsp3) is 0.348. The topological polar surface area (TPSA) is 105 Å². The molecule has 0 spiro atoms. The van der Waals surface area contributed by atoms with Gasteiger partial charge in [0.1, 0.15) is 0 Å². The van der Waals surface area contributed by atoms with E-state index in [9.17, 15) is 13.2 Å². The lowest BCUT2D eigenvalue weighted by atomic mass is 10.0. The molecule has 0 bridgehead atoms. The molecule has 1 aliphatic rings. The van der Waals surface area contributed by atoms with Crippen LogP contribution in [0, 0.1) is 12.8 Å². The number of rotatable bonds is 5. The number of sulfonamides is 1. The van der Waals surface area contributed by atoms with Crippen molar-refractivity contribution in [1.29, 1.82) is 0 Å². The van der Waals surface area contributed by atoms with Crippen LogP contribution >= 0.6 is 0 Å². The van der Waals surface area contributed by atoms with E-state index < -0.39 is 10.0 Å². The largest absolute Gasteiger partial charge is 0.334 e. The number of hydrogen-bond acceptors (Lipinski definition) is 6. The summed E-state index contributed by atoms with van der Waals surface area (Å²) in [6.45, 7) is 6.60. The van der Waals surface area contributed by atoms with Gasteiger partial charge < -0.3 is 9.84 Å². The standard InChI is InChI=1S/C23H26N4O4S/c1-15-10-12-27(13-11-15)32(29,30)20-8-6-18(7-9-20)22-25-23(31-26-22)19-5-4-16(2)21(14-19)24-17(3)28/h4-9,14-15H,10-13H2,1-3H3,(H,24,28). The van der Waals surface area contributed by atoms with Crippen molar-refractivity contribution in [3.8, 4) is 22.8 Å². The number of benzene rings is 2. The van der Waals surface area contributed by atoms with Crippen LogP contribution in [0.3, 0.4) is 0 Å². The van der Waals surface area contributed by atoms with Gasteiger partial charge in [-0.1, -0.05) is 18.1 Å². The number of nitrogens with one attached hydrogen (secondary N) is 1. The fourth-order valence-corrected chi connectivity index (χ4v) is 5.16. The number of piperidine rings is 1. The van der Waals surface area contributed by atoms with Gasteiger partial charge in [-0.05, 0) is 67.6 Å². The smallest absolute Gasteiger partial charge is 0.258 e. The summed E-state index contributed by atoms with van der Waals surface area (Å²) in [5, 5.41) is 6.81. The van der Waals surface area contributed by atoms with Gasteiger partial charge in [0.05, 0.1) is 4.90 Å². The Morgan fingerprint density at radius 3 is 2.41 bits per heavy atom. The number of carbonyl (C=O) groups is 1. The first-order valence-corrected chi connectivity index (χ1v) is 12.0. The van der Waals surface area contributed by atoms with Crippen LogP contribution in [0.4, 0.5) is 5.69 Å². The first kappa shape index (κ1) is 22.2. The number of aromatic nitrogens is 2. The number of nitrogens with zero attached hydrogens (tertiary/aromatic N) is 3. The zero-order valence-electron chi connectivity index (χ0n) is 18.3. The van der Waals surface area contributed by atoms with E-state index in [4.69, 9.17) is 4.52 Å². The lowest BCUT2D eigenvalue weighted by Gasteiger charge is -2.29. The number of anilines is 1. The molecule has 8 nitrogen and oxygen atoms in total. The summed E-state index contributed by atoms with van der Waals surface area (Å²) < 4.78 is 32.8. The van der Waals surface area contributed by atoms with Gasteiger partial charge >= 0.3 is 0 Å². The quantitative estimate of drug-likeness (QED) is 0.622. The van der Waals surface area contributed by atoms with Gasteiger partial charge in [0.2, 0.25) is 21.8 Å². The molecule has 9 heteroatoms. The SMILES string of the molecule is CC(=O)Nc1cc(-c2nc(-c3ccc(S(=O)(=O)N4CCC(C)CC4)cc3)no2)ccc1C. The van der Waals surface area contributed by atoms with E-state index in [1.807, 2.05) is 19.1 Å². The third-order valence-corrected chi connectivity index (χ3v) is 7.63. The van der Waals surface area contributed by atoms with E-state index in [0.717, 1.165) is 18.4 Å². The molecule has 1 fully saturated rings. The zero-order valence-corrected chi connectivity index (χ0v) is 19.1. The number of aryl methyl sites for hydroxylation is 1. The van der Waals surface area contributed by atoms with Gasteiger partial charge in [0, 0.05) is 36.8 Å². The lowest BCUT2D eigenvalue weighted by molar-refractivity contribution is -0.114. The van der Waals surface area contributed by atoms with Crippen LogP contribution in [-0.4, -0.2) is 41.9 Å². The second-order valence-electron chi connectivity index (χ2n) is 8.25. The highest BCUT2D eigenvalue weighted by atomic mass is 32.2. The maximum absolute atomic E-state index is 12.9. The molecule has 2 heterocycles. The fourth-order valence-electron chi connectivity index (χ4n) is 3.69. The summed E-state index contributed by atoms with van der Waals surface area (Å²) in [6, 6.07) is 12.0. The Morgan fingerprint density at radius 2 is 1.75 bits per heavy atom. The molecule has 0 radical (unpaired) electrons. The molecule has 168 valence electrons. The Hall–Kier alpha value is -3.04. The molecule has 1 N–H and O–H groups in total. The molecule has 4 rings (SSSR count). The summed E-state index contributed by atoms with van der Waals surface area (Å²) in [5.74, 6) is 1.06. The predicted molar refractivity (Wildman–Crippen MR) is 121 cm³/mol. The van der Waals surface area contributed by atoms with Crippen molar-refractivity contribution < 1.29 is 17.7 Å². The van der Waals surface area contributed by atoms with E-state index in [2.05, 4.69) is 22.4 Å². The summed E-state index contributed by atoms with van der Waals surface area (Å²) in [6.07, 6.45) is 1.76. The van der Waals surface area contributed by atoms with Crippen LogP contribution in [0.25, 0.3) is 22.8 Å². The molecule has 0 aliphatic carbocycles. The molecule has 0 saturated carbocycles. The minimum absolute atomic E-state index is 0.162. The van der Waals surface area contributed by atoms with Gasteiger partial charge in [-0.15, -0.1) is 0 Å². The number of hydrogen-bond donors (Lipinski definition) is 1. The highest BCUT2D eigenvalue weighted by molar-refractivity contribution is 7.89. The van der Waals surface area contributed by atoms with Crippen molar-refractivity contribution in [1.82, 2.24) is 14.4 Å². The van der Waals surface area contributed by atoms with Crippen molar-refractivity contribution in [2.75, 3.05) is 18.4 Å². The lowest BCUT2D eigenvalue weighted by Crippen LogP contribution is -2.37. The normalized spacial score (nSPS) is 15.6. The second-order valence-corrected chi connectivity index (χ2v) is 10.2. The van der Waals surface area contributed by atoms with Crippen LogP contribution in [0.1, 0.15) is 32.3 Å². The van der Waals surface area contributed by atoms with Gasteiger partial charge in [-0.3, -0.25) is 4.79 Å². The molecule has 1 amide bonds. The molecule has 1 saturated heterocycles. The molecule has 0 unspecified atom stereocenters. The predicted octanol–water partition coefficient (Wildman–Crippen LogP) is 4.09. The van der Waals surface area contributed by atoms with Crippen LogP contribution in [-0.2, 0) is 14.8 Å². The minimum Gasteiger partial charge on any atom is -0.334 e. The summed E-state index contributed by atoms with van der Waals surface area (Å²) in [7, 11) is -3.51. The highest BCUT2D eigenvalue weighted by Crippen LogP contribution is 2.28. The highest BCUT2D eigenvalue weighted by Gasteiger charge is 2.28. The summed E-state index contributed by atoms with van der Waals surface area (Å²) in [5.41, 5.74) is 2.93. The molecule has 1 aliphatic heterocycles. The number of carbonyl (C=O) groups excluding carboxylic acids is 1. The monoisotopic (exact) mass is 454 g/mol. The van der Waals surface area contributed by atoms with Gasteiger partial charge in [-0.2, -0.15) is 9.29 Å². The van der Waals surface area contributed by atoms with Crippen molar-refractivity contribution in [3.05, 3.63) is 48.0 Å². The molecule has 3 aromatic rings. The second kappa shape index (κ2) is 8.84. The van der Waals surface area contributed by atoms with Crippen LogP contribution in [0.15, 0.2) is 51.9 Å². The minimum atomic E-state index is -3.51. The zero-order chi connectivity index (χ0) is 22.9. The van der Waals surface area contributed by atoms with Crippen molar-refractivity contribution in [2.24, 2.45) is 5.92 Å². The van der Waals surface area contributed by atoms with Crippen LogP contribution in [0.2, 0.25) is 0 Å². The van der Waals surface area contributed by atoms with E-state index >= 15 is 0 Å². The van der Waals surface area contributed by atoms with Crippen molar-refractivity contribution >= 4 is 21.6 Å². The molecular weight excluding hydrogens is 428 g/mol. The maximum atomic E-state index is 12.9. The summed E-state index contributed by atoms with van der Waals surface area (Å²) in [4.78, 5) is 16.1. The Balaban J connectivity index is 1.55. The Labute approximate surface area is 187 Å². The molecule has 32 heavy (non-hydrogen) atoms. The average Bonchev–Trinajstić information content (AvgIpc) is 3.26. The molecular formula is C23H26N4O4S. The third-order valence-electron chi connectivity index (χ3n) is 5.71. The van der Waals surface area contributed by atoms with Gasteiger partial charge in [0.15, 0.2) is 0 Å². The van der Waals surface area contributed by atoms with E-state index in [1.165, 1.54) is 6.92 Å². The van der Waals surface area contributed by atoms with Gasteiger partial charge in [-0.25, -0.2) is 8.42 Å². The van der Waals surface area contributed by atoms with Crippen LogP contribution < -0.4 is 5.32 Å². The Bertz CT molecular complexity index is 1230. The Kier molecular flexibility index (Phi) is 6.12. The molecule has 2 aromatic carbocycles. The first-order valence-electron chi connectivity index (χ1n) is 10.6. The van der Waals surface area contributed by atoms with Gasteiger partial charge in [0.25, 0.3) is 5.89 Å². The average molecular weight is 455 g/mol. The maximum Gasteiger partial charge on any atom is 0.258 e.